The van der Waals surface area contributed by atoms with Crippen LogP contribution < -0.4 is 0 Å². The van der Waals surface area contributed by atoms with Crippen molar-refractivity contribution in [3.05, 3.63) is 0 Å². The third-order valence-corrected chi connectivity index (χ3v) is 6.12. The normalized spacial score (nSPS) is 20.3. The summed E-state index contributed by atoms with van der Waals surface area (Å²) >= 11 is -4.74. The third-order valence-electron chi connectivity index (χ3n) is 1.66. The van der Waals surface area contributed by atoms with Crippen LogP contribution in [0.1, 0.15) is 32.6 Å². The Morgan fingerprint density at radius 1 is 1.31 bits per heavy atom. The number of hydrogen-bond donors (Lipinski definition) is 0. The van der Waals surface area contributed by atoms with Gasteiger partial charge in [-0.25, -0.2) is 0 Å². The average molecular weight is 305 g/mol. The SMILES string of the molecule is CCCCF.[F][Sn]1([F])[CH2]CCC[O]1. The van der Waals surface area contributed by atoms with Gasteiger partial charge in [0, 0.05) is 0 Å². The van der Waals surface area contributed by atoms with Crippen molar-refractivity contribution in [2.75, 3.05) is 13.3 Å². The maximum atomic E-state index is 12.2. The van der Waals surface area contributed by atoms with Gasteiger partial charge in [-0.05, 0) is 6.42 Å². The molecule has 80 valence electrons. The fourth-order valence-electron chi connectivity index (χ4n) is 0.860. The molecule has 5 heteroatoms. The van der Waals surface area contributed by atoms with Crippen molar-refractivity contribution >= 4 is 19.9 Å². The molecule has 1 fully saturated rings. The zero-order valence-corrected chi connectivity index (χ0v) is 10.8. The van der Waals surface area contributed by atoms with Crippen molar-refractivity contribution in [3.63, 3.8) is 0 Å². The van der Waals surface area contributed by atoms with Crippen LogP contribution in [0.25, 0.3) is 0 Å². The van der Waals surface area contributed by atoms with Gasteiger partial charge in [0.05, 0.1) is 6.67 Å². The first-order valence-electron chi connectivity index (χ1n) is 4.70. The molecule has 1 nitrogen and oxygen atoms in total. The standard InChI is InChI=1S/C4H9F.C4H8O.2FH.Sn/c2*1-2-3-4-5;;;/h2-4H2,1H3;1-4H2;2*1H;/q;-1;;;+3/p-2. The quantitative estimate of drug-likeness (QED) is 0.710. The Kier molecular flexibility index (Phi) is 8.24. The van der Waals surface area contributed by atoms with Gasteiger partial charge in [-0.15, -0.1) is 0 Å². The van der Waals surface area contributed by atoms with Crippen LogP contribution in [0.15, 0.2) is 0 Å². The van der Waals surface area contributed by atoms with Gasteiger partial charge in [0.2, 0.25) is 0 Å². The molecule has 1 aliphatic rings. The molecular formula is C8H17F3OSn. The van der Waals surface area contributed by atoms with Crippen LogP contribution in [0.4, 0.5) is 10.1 Å². The van der Waals surface area contributed by atoms with Crippen molar-refractivity contribution in [2.45, 2.75) is 37.0 Å². The van der Waals surface area contributed by atoms with E-state index in [0.29, 0.717) is 13.0 Å². The molecule has 0 bridgehead atoms. The zero-order chi connectivity index (χ0) is 10.2. The molecule has 0 saturated carbocycles. The van der Waals surface area contributed by atoms with E-state index in [9.17, 15) is 10.1 Å². The predicted octanol–water partition coefficient (Wildman–Crippen LogP) is 3.43. The summed E-state index contributed by atoms with van der Waals surface area (Å²) in [7, 11) is 0. The molecule has 0 N–H and O–H groups in total. The second kappa shape index (κ2) is 7.91. The summed E-state index contributed by atoms with van der Waals surface area (Å²) < 4.78 is 39.8. The van der Waals surface area contributed by atoms with Gasteiger partial charge in [0.25, 0.3) is 0 Å². The van der Waals surface area contributed by atoms with Crippen molar-refractivity contribution in [3.8, 4) is 0 Å². The van der Waals surface area contributed by atoms with Crippen molar-refractivity contribution < 1.29 is 13.2 Å². The molecule has 0 unspecified atom stereocenters. The van der Waals surface area contributed by atoms with E-state index in [-0.39, 0.29) is 11.1 Å². The van der Waals surface area contributed by atoms with Crippen LogP contribution in [0.2, 0.25) is 4.44 Å². The molecule has 0 spiro atoms. The fraction of sp³-hybridized carbons (Fsp3) is 1.00. The number of halogens is 3. The Bertz CT molecular complexity index is 112. The van der Waals surface area contributed by atoms with Gasteiger partial charge in [-0.1, -0.05) is 13.3 Å². The third kappa shape index (κ3) is 8.87. The molecule has 1 rings (SSSR count). The minimum atomic E-state index is -4.74. The summed E-state index contributed by atoms with van der Waals surface area (Å²) in [6.07, 6.45) is 3.20. The van der Waals surface area contributed by atoms with E-state index >= 15 is 0 Å². The topological polar surface area (TPSA) is 9.23 Å². The van der Waals surface area contributed by atoms with E-state index in [1.165, 1.54) is 0 Å². The molecule has 0 aliphatic carbocycles. The number of rotatable bonds is 2. The maximum absolute atomic E-state index is 12.2. The van der Waals surface area contributed by atoms with Crippen molar-refractivity contribution in [1.29, 1.82) is 0 Å². The molecule has 1 heterocycles. The van der Waals surface area contributed by atoms with Crippen LogP contribution >= 0.6 is 0 Å². The molecule has 0 amide bonds. The molecule has 0 aromatic heterocycles. The van der Waals surface area contributed by atoms with E-state index < -0.39 is 19.9 Å². The molecule has 13 heavy (non-hydrogen) atoms. The fourth-order valence-corrected chi connectivity index (χ4v) is 4.42. The van der Waals surface area contributed by atoms with Gasteiger partial charge < -0.3 is 0 Å². The molecule has 0 atom stereocenters. The summed E-state index contributed by atoms with van der Waals surface area (Å²) in [6, 6.07) is 0. The van der Waals surface area contributed by atoms with Crippen molar-refractivity contribution in [2.24, 2.45) is 0 Å². The Labute approximate surface area is 83.6 Å². The second-order valence-corrected chi connectivity index (χ2v) is 8.87. The van der Waals surface area contributed by atoms with E-state index in [4.69, 9.17) is 0 Å². The second-order valence-electron chi connectivity index (χ2n) is 2.99. The summed E-state index contributed by atoms with van der Waals surface area (Å²) in [5.41, 5.74) is 0. The van der Waals surface area contributed by atoms with E-state index in [2.05, 4.69) is 3.07 Å². The van der Waals surface area contributed by atoms with Gasteiger partial charge >= 0.3 is 52.6 Å². The number of alkyl halides is 1. The van der Waals surface area contributed by atoms with E-state index in [0.717, 1.165) is 19.3 Å². The first kappa shape index (κ1) is 13.5. The summed E-state index contributed by atoms with van der Waals surface area (Å²) in [5.74, 6) is 0. The van der Waals surface area contributed by atoms with Gasteiger partial charge in [0.1, 0.15) is 0 Å². The molecule has 0 aromatic rings. The molecule has 1 saturated heterocycles. The first-order chi connectivity index (χ1) is 6.12. The van der Waals surface area contributed by atoms with Crippen LogP contribution in [0, 0.1) is 0 Å². The van der Waals surface area contributed by atoms with Crippen LogP contribution in [-0.2, 0) is 3.07 Å². The molecular weight excluding hydrogens is 288 g/mol. The summed E-state index contributed by atoms with van der Waals surface area (Å²) in [4.78, 5) is 0. The Hall–Kier alpha value is 0.549. The number of unbranched alkanes of at least 4 members (excludes halogenated alkanes) is 1. The Morgan fingerprint density at radius 3 is 2.15 bits per heavy atom. The zero-order valence-electron chi connectivity index (χ0n) is 7.99. The van der Waals surface area contributed by atoms with Gasteiger partial charge in [0.15, 0.2) is 0 Å². The Morgan fingerprint density at radius 2 is 2.00 bits per heavy atom. The van der Waals surface area contributed by atoms with E-state index in [1.807, 2.05) is 6.92 Å². The summed E-state index contributed by atoms with van der Waals surface area (Å²) in [6.45, 7) is 2.12. The predicted molar refractivity (Wildman–Crippen MR) is 48.8 cm³/mol. The van der Waals surface area contributed by atoms with Crippen molar-refractivity contribution in [1.82, 2.24) is 0 Å². The number of hydrogen-bond acceptors (Lipinski definition) is 1. The van der Waals surface area contributed by atoms with Crippen LogP contribution in [0.5, 0.6) is 0 Å². The van der Waals surface area contributed by atoms with Crippen LogP contribution in [-0.4, -0.2) is 33.2 Å². The monoisotopic (exact) mass is 306 g/mol. The first-order valence-corrected chi connectivity index (χ1v) is 10.0. The van der Waals surface area contributed by atoms with Gasteiger partial charge in [-0.2, -0.15) is 0 Å². The average Bonchev–Trinajstić information content (AvgIpc) is 2.06. The summed E-state index contributed by atoms with van der Waals surface area (Å²) in [5, 5.41) is 0. The van der Waals surface area contributed by atoms with Crippen LogP contribution in [0.3, 0.4) is 0 Å². The molecule has 0 aromatic carbocycles. The molecule has 0 radical (unpaired) electrons. The Balaban J connectivity index is 0.000000252. The van der Waals surface area contributed by atoms with Gasteiger partial charge in [-0.3, -0.25) is 4.39 Å². The molecule has 1 aliphatic heterocycles. The van der Waals surface area contributed by atoms with E-state index in [1.54, 1.807) is 0 Å². The minimum absolute atomic E-state index is 0.106.